The van der Waals surface area contributed by atoms with Gasteiger partial charge in [-0.05, 0) is 17.7 Å². The number of non-ortho nitro benzene ring substituents is 1. The quantitative estimate of drug-likeness (QED) is 0.655. The van der Waals surface area contributed by atoms with Crippen LogP contribution < -0.4 is 10.1 Å². The van der Waals surface area contributed by atoms with Crippen LogP contribution in [0, 0.1) is 10.1 Å². The van der Waals surface area contributed by atoms with Crippen LogP contribution in [0.3, 0.4) is 0 Å². The maximum absolute atomic E-state index is 10.6. The zero-order valence-electron chi connectivity index (χ0n) is 11.5. The van der Waals surface area contributed by atoms with E-state index in [0.29, 0.717) is 18.1 Å². The van der Waals surface area contributed by atoms with Crippen LogP contribution in [0.5, 0.6) is 5.75 Å². The standard InChI is InChI=1S/C15H15ClN2O3/c1-21-15-4-2-3-14(16)13(15)10-17-9-11-5-7-12(8-6-11)18(19)20/h2-8,17H,9-10H2,1H3. The lowest BCUT2D eigenvalue weighted by molar-refractivity contribution is -0.384. The summed E-state index contributed by atoms with van der Waals surface area (Å²) in [6, 6.07) is 12.0. The zero-order valence-corrected chi connectivity index (χ0v) is 12.3. The van der Waals surface area contributed by atoms with Gasteiger partial charge in [-0.1, -0.05) is 29.8 Å². The number of hydrogen-bond donors (Lipinski definition) is 1. The summed E-state index contributed by atoms with van der Waals surface area (Å²) >= 11 is 6.15. The number of rotatable bonds is 6. The van der Waals surface area contributed by atoms with Gasteiger partial charge in [0.05, 0.1) is 12.0 Å². The van der Waals surface area contributed by atoms with Crippen molar-refractivity contribution in [3.05, 3.63) is 68.7 Å². The molecule has 0 bridgehead atoms. The maximum atomic E-state index is 10.6. The minimum atomic E-state index is -0.411. The smallest absolute Gasteiger partial charge is 0.269 e. The summed E-state index contributed by atoms with van der Waals surface area (Å²) in [6.45, 7) is 1.15. The third kappa shape index (κ3) is 3.93. The zero-order chi connectivity index (χ0) is 15.2. The van der Waals surface area contributed by atoms with Crippen molar-refractivity contribution in [3.8, 4) is 5.75 Å². The molecule has 2 rings (SSSR count). The van der Waals surface area contributed by atoms with Crippen LogP contribution in [-0.4, -0.2) is 12.0 Å². The van der Waals surface area contributed by atoms with Crippen LogP contribution in [-0.2, 0) is 13.1 Å². The predicted molar refractivity (Wildman–Crippen MR) is 81.6 cm³/mol. The molecule has 0 spiro atoms. The van der Waals surface area contributed by atoms with Gasteiger partial charge in [-0.25, -0.2) is 0 Å². The van der Waals surface area contributed by atoms with Gasteiger partial charge in [0.1, 0.15) is 5.75 Å². The molecule has 6 heteroatoms. The average molecular weight is 307 g/mol. The molecule has 0 aliphatic heterocycles. The second-order valence-corrected chi connectivity index (χ2v) is 4.85. The highest BCUT2D eigenvalue weighted by Crippen LogP contribution is 2.26. The molecule has 21 heavy (non-hydrogen) atoms. The summed E-state index contributed by atoms with van der Waals surface area (Å²) in [6.07, 6.45) is 0. The maximum Gasteiger partial charge on any atom is 0.269 e. The van der Waals surface area contributed by atoms with Gasteiger partial charge >= 0.3 is 0 Å². The number of benzene rings is 2. The van der Waals surface area contributed by atoms with E-state index < -0.39 is 4.92 Å². The summed E-state index contributed by atoms with van der Waals surface area (Å²) in [5, 5.41) is 14.5. The van der Waals surface area contributed by atoms with E-state index in [1.165, 1.54) is 12.1 Å². The predicted octanol–water partition coefficient (Wildman–Crippen LogP) is 3.55. The molecule has 0 heterocycles. The van der Waals surface area contributed by atoms with Crippen LogP contribution >= 0.6 is 11.6 Å². The van der Waals surface area contributed by atoms with E-state index in [1.807, 2.05) is 18.2 Å². The third-order valence-electron chi connectivity index (χ3n) is 3.07. The Kier molecular flexibility index (Phi) is 5.14. The lowest BCUT2D eigenvalue weighted by Gasteiger charge is -2.11. The monoisotopic (exact) mass is 306 g/mol. The van der Waals surface area contributed by atoms with Gasteiger partial charge < -0.3 is 10.1 Å². The fourth-order valence-corrected chi connectivity index (χ4v) is 2.20. The van der Waals surface area contributed by atoms with Gasteiger partial charge in [-0.15, -0.1) is 0 Å². The van der Waals surface area contributed by atoms with Crippen molar-refractivity contribution in [2.75, 3.05) is 7.11 Å². The summed E-state index contributed by atoms with van der Waals surface area (Å²) in [5.74, 6) is 0.735. The number of nitro groups is 1. The molecule has 0 aliphatic carbocycles. The first-order valence-corrected chi connectivity index (χ1v) is 6.75. The van der Waals surface area contributed by atoms with E-state index in [4.69, 9.17) is 16.3 Å². The third-order valence-corrected chi connectivity index (χ3v) is 3.43. The SMILES string of the molecule is COc1cccc(Cl)c1CNCc1ccc([N+](=O)[O-])cc1. The summed E-state index contributed by atoms with van der Waals surface area (Å²) in [4.78, 5) is 10.2. The Hall–Kier alpha value is -2.11. The Bertz CT molecular complexity index is 629. The number of ether oxygens (including phenoxy) is 1. The van der Waals surface area contributed by atoms with E-state index >= 15 is 0 Å². The minimum absolute atomic E-state index is 0.0894. The fourth-order valence-electron chi connectivity index (χ4n) is 1.97. The molecule has 0 atom stereocenters. The number of nitrogens with one attached hydrogen (secondary N) is 1. The number of nitrogens with zero attached hydrogens (tertiary/aromatic N) is 1. The van der Waals surface area contributed by atoms with E-state index in [-0.39, 0.29) is 5.69 Å². The van der Waals surface area contributed by atoms with Crippen molar-refractivity contribution in [3.63, 3.8) is 0 Å². The van der Waals surface area contributed by atoms with Crippen molar-refractivity contribution in [1.29, 1.82) is 0 Å². The molecule has 1 N–H and O–H groups in total. The molecule has 5 nitrogen and oxygen atoms in total. The van der Waals surface area contributed by atoms with Crippen molar-refractivity contribution < 1.29 is 9.66 Å². The molecular formula is C15H15ClN2O3. The second kappa shape index (κ2) is 7.06. The molecule has 0 saturated carbocycles. The first kappa shape index (κ1) is 15.3. The normalized spacial score (nSPS) is 10.4. The van der Waals surface area contributed by atoms with Gasteiger partial charge in [0, 0.05) is 35.8 Å². The molecule has 0 fully saturated rings. The summed E-state index contributed by atoms with van der Waals surface area (Å²) in [5.41, 5.74) is 1.95. The number of hydrogen-bond acceptors (Lipinski definition) is 4. The Morgan fingerprint density at radius 1 is 1.19 bits per heavy atom. The highest BCUT2D eigenvalue weighted by Gasteiger charge is 2.07. The van der Waals surface area contributed by atoms with Gasteiger partial charge in [-0.3, -0.25) is 10.1 Å². The van der Waals surface area contributed by atoms with Gasteiger partial charge in [0.2, 0.25) is 0 Å². The first-order chi connectivity index (χ1) is 10.1. The van der Waals surface area contributed by atoms with Crippen LogP contribution in [0.4, 0.5) is 5.69 Å². The van der Waals surface area contributed by atoms with Crippen molar-refractivity contribution >= 4 is 17.3 Å². The van der Waals surface area contributed by atoms with E-state index in [2.05, 4.69) is 5.32 Å². The molecule has 2 aromatic rings. The fraction of sp³-hybridized carbons (Fsp3) is 0.200. The average Bonchev–Trinajstić information content (AvgIpc) is 2.49. The molecule has 0 unspecified atom stereocenters. The highest BCUT2D eigenvalue weighted by atomic mass is 35.5. The Labute approximate surface area is 127 Å². The summed E-state index contributed by atoms with van der Waals surface area (Å²) < 4.78 is 5.27. The molecule has 110 valence electrons. The van der Waals surface area contributed by atoms with Crippen LogP contribution in [0.15, 0.2) is 42.5 Å². The molecule has 0 saturated heterocycles. The Morgan fingerprint density at radius 2 is 1.90 bits per heavy atom. The van der Waals surface area contributed by atoms with Crippen molar-refractivity contribution in [2.45, 2.75) is 13.1 Å². The Morgan fingerprint density at radius 3 is 2.52 bits per heavy atom. The van der Waals surface area contributed by atoms with Crippen molar-refractivity contribution in [1.82, 2.24) is 5.32 Å². The van der Waals surface area contributed by atoms with Gasteiger partial charge in [0.15, 0.2) is 0 Å². The van der Waals surface area contributed by atoms with Crippen LogP contribution in [0.1, 0.15) is 11.1 Å². The molecule has 2 aromatic carbocycles. The largest absolute Gasteiger partial charge is 0.496 e. The first-order valence-electron chi connectivity index (χ1n) is 6.37. The minimum Gasteiger partial charge on any atom is -0.496 e. The van der Waals surface area contributed by atoms with Crippen LogP contribution in [0.25, 0.3) is 0 Å². The lowest BCUT2D eigenvalue weighted by Crippen LogP contribution is -2.13. The van der Waals surface area contributed by atoms with E-state index in [1.54, 1.807) is 19.2 Å². The second-order valence-electron chi connectivity index (χ2n) is 4.45. The Balaban J connectivity index is 1.97. The molecule has 0 amide bonds. The number of nitro benzene ring substituents is 1. The van der Waals surface area contributed by atoms with Gasteiger partial charge in [0.25, 0.3) is 5.69 Å². The molecule has 0 radical (unpaired) electrons. The number of halogens is 1. The molecule has 0 aromatic heterocycles. The van der Waals surface area contributed by atoms with Crippen LogP contribution in [0.2, 0.25) is 5.02 Å². The number of methoxy groups -OCH3 is 1. The van der Waals surface area contributed by atoms with E-state index in [9.17, 15) is 10.1 Å². The lowest BCUT2D eigenvalue weighted by atomic mass is 10.1. The topological polar surface area (TPSA) is 64.4 Å². The highest BCUT2D eigenvalue weighted by molar-refractivity contribution is 6.31. The summed E-state index contributed by atoms with van der Waals surface area (Å²) in [7, 11) is 1.60. The molecular weight excluding hydrogens is 292 g/mol. The van der Waals surface area contributed by atoms with Crippen molar-refractivity contribution in [2.24, 2.45) is 0 Å². The van der Waals surface area contributed by atoms with E-state index in [0.717, 1.165) is 16.9 Å². The molecule has 0 aliphatic rings. The van der Waals surface area contributed by atoms with Gasteiger partial charge in [-0.2, -0.15) is 0 Å².